The van der Waals surface area contributed by atoms with Crippen molar-refractivity contribution in [3.05, 3.63) is 23.7 Å². The highest BCUT2D eigenvalue weighted by Crippen LogP contribution is 2.23. The maximum Gasteiger partial charge on any atom is 0.191 e. The Morgan fingerprint density at radius 2 is 1.89 bits per heavy atom. The van der Waals surface area contributed by atoms with Crippen molar-refractivity contribution in [2.24, 2.45) is 10.9 Å². The minimum atomic E-state index is 0. The Hall–Kier alpha value is -0.800. The average Bonchev–Trinajstić information content (AvgIpc) is 3.06. The highest BCUT2D eigenvalue weighted by Gasteiger charge is 2.25. The Labute approximate surface area is 181 Å². The third-order valence-corrected chi connectivity index (χ3v) is 4.82. The van der Waals surface area contributed by atoms with Gasteiger partial charge >= 0.3 is 0 Å². The zero-order chi connectivity index (χ0) is 18.9. The summed E-state index contributed by atoms with van der Waals surface area (Å²) in [5, 5.41) is 6.99. The first-order valence-corrected chi connectivity index (χ1v) is 9.85. The van der Waals surface area contributed by atoms with Crippen LogP contribution in [0.15, 0.2) is 21.5 Å². The van der Waals surface area contributed by atoms with E-state index in [1.165, 1.54) is 6.42 Å². The molecule has 2 unspecified atom stereocenters. The fraction of sp³-hybridized carbons (Fsp3) is 0.750. The van der Waals surface area contributed by atoms with Gasteiger partial charge in [-0.1, -0.05) is 13.8 Å². The van der Waals surface area contributed by atoms with Crippen molar-refractivity contribution in [3.8, 4) is 0 Å². The van der Waals surface area contributed by atoms with E-state index in [2.05, 4.69) is 47.4 Å². The van der Waals surface area contributed by atoms with E-state index >= 15 is 0 Å². The molecule has 1 aromatic rings. The summed E-state index contributed by atoms with van der Waals surface area (Å²) in [6.45, 7) is 12.9. The van der Waals surface area contributed by atoms with Gasteiger partial charge in [0.2, 0.25) is 0 Å². The molecular weight excluding hydrogens is 455 g/mol. The van der Waals surface area contributed by atoms with E-state index in [1.54, 1.807) is 0 Å². The van der Waals surface area contributed by atoms with Gasteiger partial charge in [0.15, 0.2) is 5.96 Å². The summed E-state index contributed by atoms with van der Waals surface area (Å²) in [4.78, 5) is 6.81. The van der Waals surface area contributed by atoms with Gasteiger partial charge in [-0.15, -0.1) is 24.0 Å². The molecule has 2 N–H and O–H groups in total. The van der Waals surface area contributed by atoms with Crippen molar-refractivity contribution in [3.63, 3.8) is 0 Å². The molecule has 1 aromatic heterocycles. The minimum Gasteiger partial charge on any atom is -0.465 e. The summed E-state index contributed by atoms with van der Waals surface area (Å²) >= 11 is 0. The number of aliphatic imine (C=N–C) groups is 1. The van der Waals surface area contributed by atoms with Gasteiger partial charge < -0.3 is 19.8 Å². The topological polar surface area (TPSA) is 62.0 Å². The number of rotatable bonds is 8. The lowest BCUT2D eigenvalue weighted by molar-refractivity contribution is 0.0124. The predicted octanol–water partition coefficient (Wildman–Crippen LogP) is 3.57. The van der Waals surface area contributed by atoms with Crippen LogP contribution in [0.3, 0.4) is 0 Å². The molecule has 1 aliphatic heterocycles. The molecule has 6 nitrogen and oxygen atoms in total. The first-order chi connectivity index (χ1) is 12.5. The zero-order valence-corrected chi connectivity index (χ0v) is 19.8. The lowest BCUT2D eigenvalue weighted by Gasteiger charge is -2.33. The number of nitrogens with one attached hydrogen (secondary N) is 2. The molecule has 0 aliphatic carbocycles. The Morgan fingerprint density at radius 3 is 2.44 bits per heavy atom. The second-order valence-corrected chi connectivity index (χ2v) is 7.58. The molecule has 0 radical (unpaired) electrons. The van der Waals surface area contributed by atoms with Crippen LogP contribution >= 0.6 is 24.0 Å². The first kappa shape index (κ1) is 24.2. The monoisotopic (exact) mass is 492 g/mol. The van der Waals surface area contributed by atoms with Crippen LogP contribution in [0.25, 0.3) is 0 Å². The van der Waals surface area contributed by atoms with Crippen LogP contribution in [0.5, 0.6) is 0 Å². The molecule has 156 valence electrons. The van der Waals surface area contributed by atoms with Crippen molar-refractivity contribution in [2.75, 3.05) is 39.9 Å². The van der Waals surface area contributed by atoms with Gasteiger partial charge in [0, 0.05) is 32.7 Å². The second kappa shape index (κ2) is 12.6. The van der Waals surface area contributed by atoms with Crippen molar-refractivity contribution in [1.29, 1.82) is 0 Å². The number of aryl methyl sites for hydroxylation is 1. The van der Waals surface area contributed by atoms with Gasteiger partial charge in [-0.25, -0.2) is 0 Å². The molecule has 1 saturated heterocycles. The van der Waals surface area contributed by atoms with Crippen LogP contribution in [0.1, 0.15) is 51.2 Å². The molecule has 2 heterocycles. The van der Waals surface area contributed by atoms with Crippen LogP contribution in [-0.2, 0) is 4.74 Å². The first-order valence-electron chi connectivity index (χ1n) is 9.85. The number of furan rings is 1. The Morgan fingerprint density at radius 1 is 1.19 bits per heavy atom. The van der Waals surface area contributed by atoms with Crippen LogP contribution < -0.4 is 10.6 Å². The highest BCUT2D eigenvalue weighted by atomic mass is 127. The van der Waals surface area contributed by atoms with E-state index in [1.807, 2.05) is 20.0 Å². The van der Waals surface area contributed by atoms with E-state index in [4.69, 9.17) is 9.15 Å². The Bertz CT molecular complexity index is 556. The van der Waals surface area contributed by atoms with E-state index in [0.717, 1.165) is 62.7 Å². The quantitative estimate of drug-likeness (QED) is 0.330. The molecule has 2 atom stereocenters. The van der Waals surface area contributed by atoms with Gasteiger partial charge in [-0.05, 0) is 44.7 Å². The summed E-state index contributed by atoms with van der Waals surface area (Å²) in [5.41, 5.74) is 0. The molecule has 1 aliphatic rings. The molecular formula is C20H37IN4O2. The molecule has 1 fully saturated rings. The van der Waals surface area contributed by atoms with Gasteiger partial charge in [0.1, 0.15) is 11.5 Å². The third-order valence-electron chi connectivity index (χ3n) is 4.82. The van der Waals surface area contributed by atoms with E-state index in [9.17, 15) is 0 Å². The number of hydrogen-bond donors (Lipinski definition) is 2. The van der Waals surface area contributed by atoms with Gasteiger partial charge in [0.25, 0.3) is 0 Å². The Balaban J connectivity index is 0.00000364. The van der Waals surface area contributed by atoms with Crippen molar-refractivity contribution < 1.29 is 9.15 Å². The molecule has 0 saturated carbocycles. The number of nitrogens with zero attached hydrogens (tertiary/aromatic N) is 2. The van der Waals surface area contributed by atoms with E-state index in [0.29, 0.717) is 6.04 Å². The summed E-state index contributed by atoms with van der Waals surface area (Å²) < 4.78 is 11.4. The summed E-state index contributed by atoms with van der Waals surface area (Å²) in [5.74, 6) is 3.52. The molecule has 27 heavy (non-hydrogen) atoms. The molecule has 0 spiro atoms. The number of morpholine rings is 1. The zero-order valence-electron chi connectivity index (χ0n) is 17.5. The van der Waals surface area contributed by atoms with Crippen LogP contribution in [-0.4, -0.2) is 56.8 Å². The minimum absolute atomic E-state index is 0. The van der Waals surface area contributed by atoms with Gasteiger partial charge in [-0.3, -0.25) is 9.89 Å². The predicted molar refractivity (Wildman–Crippen MR) is 122 cm³/mol. The lowest BCUT2D eigenvalue weighted by Crippen LogP contribution is -2.47. The maximum atomic E-state index is 5.93. The fourth-order valence-electron chi connectivity index (χ4n) is 3.21. The SMILES string of the molecule is CN=C(NCC(c1ccc(C)o1)N1CCOCC1)NC(C)CCC(C)C.I. The molecule has 0 bridgehead atoms. The van der Waals surface area contributed by atoms with E-state index in [-0.39, 0.29) is 30.0 Å². The second-order valence-electron chi connectivity index (χ2n) is 7.58. The number of ether oxygens (including phenoxy) is 1. The number of guanidine groups is 1. The smallest absolute Gasteiger partial charge is 0.191 e. The van der Waals surface area contributed by atoms with Gasteiger partial charge in [0.05, 0.1) is 19.3 Å². The van der Waals surface area contributed by atoms with Gasteiger partial charge in [-0.2, -0.15) is 0 Å². The molecule has 0 aromatic carbocycles. The van der Waals surface area contributed by atoms with Crippen LogP contribution in [0, 0.1) is 12.8 Å². The van der Waals surface area contributed by atoms with Crippen LogP contribution in [0.4, 0.5) is 0 Å². The largest absolute Gasteiger partial charge is 0.465 e. The standard InChI is InChI=1S/C20H36N4O2.HI/c1-15(2)6-7-16(3)23-20(21-5)22-14-18(19-9-8-17(4)26-19)24-10-12-25-13-11-24;/h8-9,15-16,18H,6-7,10-14H2,1-5H3,(H2,21,22,23);1H. The molecule has 0 amide bonds. The number of hydrogen-bond acceptors (Lipinski definition) is 4. The Kier molecular flexibility index (Phi) is 11.3. The average molecular weight is 492 g/mol. The molecule has 7 heteroatoms. The maximum absolute atomic E-state index is 5.93. The molecule has 2 rings (SSSR count). The van der Waals surface area contributed by atoms with Crippen molar-refractivity contribution in [1.82, 2.24) is 15.5 Å². The number of halogens is 1. The summed E-state index contributed by atoms with van der Waals surface area (Å²) in [6, 6.07) is 4.69. The van der Waals surface area contributed by atoms with Crippen LogP contribution in [0.2, 0.25) is 0 Å². The fourth-order valence-corrected chi connectivity index (χ4v) is 3.21. The highest BCUT2D eigenvalue weighted by molar-refractivity contribution is 14.0. The third kappa shape index (κ3) is 8.39. The normalized spacial score (nSPS) is 18.1. The van der Waals surface area contributed by atoms with Crippen molar-refractivity contribution >= 4 is 29.9 Å². The lowest BCUT2D eigenvalue weighted by atomic mass is 10.0. The van der Waals surface area contributed by atoms with Crippen molar-refractivity contribution in [2.45, 2.75) is 52.6 Å². The summed E-state index contributed by atoms with van der Waals surface area (Å²) in [7, 11) is 1.82. The van der Waals surface area contributed by atoms with E-state index < -0.39 is 0 Å². The summed E-state index contributed by atoms with van der Waals surface area (Å²) in [6.07, 6.45) is 2.36.